The first-order valence-corrected chi connectivity index (χ1v) is 3.74. The molecule has 1 heteroatoms. The smallest absolute Gasteiger partial charge is 0.0172 e. The Balaban J connectivity index is 2.26. The third kappa shape index (κ3) is 1.74. The number of hydrogen-bond acceptors (Lipinski definition) is 1. The molecular formula is C8H15N. The number of nitrogens with one attached hydrogen (secondary N) is 1. The quantitative estimate of drug-likeness (QED) is 0.564. The Labute approximate surface area is 57.1 Å². The fourth-order valence-electron chi connectivity index (χ4n) is 1.21. The molecule has 52 valence electrons. The molecule has 0 aromatic rings. The molecule has 0 saturated carbocycles. The van der Waals surface area contributed by atoms with Crippen molar-refractivity contribution >= 4 is 0 Å². The Hall–Kier alpha value is -0.460. The molecule has 1 fully saturated rings. The molecule has 1 rings (SSSR count). The lowest BCUT2D eigenvalue weighted by atomic mass is 9.96. The molecule has 1 aliphatic rings. The molecule has 1 atom stereocenters. The third-order valence-corrected chi connectivity index (χ3v) is 2.07. The molecule has 0 amide bonds. The Morgan fingerprint density at radius 2 is 2.56 bits per heavy atom. The van der Waals surface area contributed by atoms with E-state index in [4.69, 9.17) is 0 Å². The van der Waals surface area contributed by atoms with Crippen molar-refractivity contribution in [1.82, 2.24) is 5.32 Å². The molecular weight excluding hydrogens is 110 g/mol. The van der Waals surface area contributed by atoms with E-state index in [2.05, 4.69) is 18.8 Å². The second kappa shape index (κ2) is 2.90. The lowest BCUT2D eigenvalue weighted by Gasteiger charge is -2.23. The van der Waals surface area contributed by atoms with Crippen molar-refractivity contribution in [3.63, 3.8) is 0 Å². The van der Waals surface area contributed by atoms with Crippen LogP contribution in [0.15, 0.2) is 12.3 Å². The van der Waals surface area contributed by atoms with Gasteiger partial charge in [-0.15, -0.1) is 0 Å². The highest BCUT2D eigenvalue weighted by atomic mass is 14.9. The highest BCUT2D eigenvalue weighted by Gasteiger charge is 2.11. The number of piperidine rings is 1. The minimum atomic E-state index is 0.899. The summed E-state index contributed by atoms with van der Waals surface area (Å²) < 4.78 is 0. The Bertz CT molecular complexity index is 97.1. The highest BCUT2D eigenvalue weighted by molar-refractivity contribution is 4.95. The zero-order chi connectivity index (χ0) is 6.69. The van der Waals surface area contributed by atoms with Crippen LogP contribution < -0.4 is 5.32 Å². The second-order valence-electron chi connectivity index (χ2n) is 2.80. The van der Waals surface area contributed by atoms with Crippen molar-refractivity contribution in [2.75, 3.05) is 6.54 Å². The molecule has 0 spiro atoms. The van der Waals surface area contributed by atoms with Gasteiger partial charge in [0.2, 0.25) is 0 Å². The van der Waals surface area contributed by atoms with Crippen LogP contribution in [-0.4, -0.2) is 6.54 Å². The van der Waals surface area contributed by atoms with Crippen LogP contribution in [0.5, 0.6) is 0 Å². The van der Waals surface area contributed by atoms with Crippen LogP contribution >= 0.6 is 0 Å². The van der Waals surface area contributed by atoms with E-state index in [-0.39, 0.29) is 0 Å². The van der Waals surface area contributed by atoms with Crippen molar-refractivity contribution in [2.45, 2.75) is 26.2 Å². The van der Waals surface area contributed by atoms with E-state index in [0.717, 1.165) is 12.5 Å². The summed E-state index contributed by atoms with van der Waals surface area (Å²) in [5.74, 6) is 0.899. The summed E-state index contributed by atoms with van der Waals surface area (Å²) in [4.78, 5) is 0. The average Bonchev–Trinajstić information content (AvgIpc) is 1.90. The molecule has 9 heavy (non-hydrogen) atoms. The molecule has 1 nitrogen and oxygen atoms in total. The van der Waals surface area contributed by atoms with Crippen LogP contribution in [0.25, 0.3) is 0 Å². The normalized spacial score (nSPS) is 27.7. The van der Waals surface area contributed by atoms with Gasteiger partial charge in [0.15, 0.2) is 0 Å². The van der Waals surface area contributed by atoms with E-state index >= 15 is 0 Å². The minimum Gasteiger partial charge on any atom is -0.389 e. The molecule has 1 N–H and O–H groups in total. The summed E-state index contributed by atoms with van der Waals surface area (Å²) in [6.45, 7) is 7.27. The van der Waals surface area contributed by atoms with E-state index in [1.165, 1.54) is 25.0 Å². The van der Waals surface area contributed by atoms with Gasteiger partial charge in [-0.25, -0.2) is 0 Å². The monoisotopic (exact) mass is 125 g/mol. The fraction of sp³-hybridized carbons (Fsp3) is 0.750. The van der Waals surface area contributed by atoms with Crippen LogP contribution in [0, 0.1) is 5.92 Å². The zero-order valence-electron chi connectivity index (χ0n) is 6.11. The molecule has 1 saturated heterocycles. The van der Waals surface area contributed by atoms with Crippen molar-refractivity contribution < 1.29 is 0 Å². The first-order chi connectivity index (χ1) is 4.33. The Morgan fingerprint density at radius 3 is 3.00 bits per heavy atom. The lowest BCUT2D eigenvalue weighted by molar-refractivity contribution is 0.405. The van der Waals surface area contributed by atoms with Crippen LogP contribution in [-0.2, 0) is 0 Å². The van der Waals surface area contributed by atoms with Gasteiger partial charge >= 0.3 is 0 Å². The van der Waals surface area contributed by atoms with Gasteiger partial charge in [0.05, 0.1) is 0 Å². The molecule has 0 aromatic heterocycles. The van der Waals surface area contributed by atoms with Gasteiger partial charge in [-0.3, -0.25) is 0 Å². The van der Waals surface area contributed by atoms with E-state index in [9.17, 15) is 0 Å². The second-order valence-corrected chi connectivity index (χ2v) is 2.80. The standard InChI is InChI=1S/C8H15N/c1-3-8-5-4-7(2)9-6-8/h8-9H,2-6H2,1H3/t8-/m1/s1. The van der Waals surface area contributed by atoms with Crippen molar-refractivity contribution in [3.05, 3.63) is 12.3 Å². The maximum atomic E-state index is 3.87. The molecule has 0 bridgehead atoms. The summed E-state index contributed by atoms with van der Waals surface area (Å²) in [6.07, 6.45) is 3.82. The number of allylic oxidation sites excluding steroid dienone is 1. The summed E-state index contributed by atoms with van der Waals surface area (Å²) in [5.41, 5.74) is 1.22. The lowest BCUT2D eigenvalue weighted by Crippen LogP contribution is -2.26. The summed E-state index contributed by atoms with van der Waals surface area (Å²) in [5, 5.41) is 3.29. The fourth-order valence-corrected chi connectivity index (χ4v) is 1.21. The molecule has 0 aromatic carbocycles. The highest BCUT2D eigenvalue weighted by Crippen LogP contribution is 2.17. The molecule has 1 aliphatic heterocycles. The van der Waals surface area contributed by atoms with Crippen LogP contribution in [0.2, 0.25) is 0 Å². The van der Waals surface area contributed by atoms with Crippen LogP contribution in [0.4, 0.5) is 0 Å². The molecule has 1 heterocycles. The number of rotatable bonds is 1. The van der Waals surface area contributed by atoms with Crippen molar-refractivity contribution in [1.29, 1.82) is 0 Å². The maximum Gasteiger partial charge on any atom is 0.0172 e. The largest absolute Gasteiger partial charge is 0.389 e. The Kier molecular flexibility index (Phi) is 2.15. The average molecular weight is 125 g/mol. The molecule has 0 unspecified atom stereocenters. The van der Waals surface area contributed by atoms with E-state index in [1.807, 2.05) is 0 Å². The third-order valence-electron chi connectivity index (χ3n) is 2.07. The first-order valence-electron chi connectivity index (χ1n) is 3.74. The zero-order valence-corrected chi connectivity index (χ0v) is 6.11. The molecule has 0 radical (unpaired) electrons. The molecule has 0 aliphatic carbocycles. The van der Waals surface area contributed by atoms with Crippen molar-refractivity contribution in [2.24, 2.45) is 5.92 Å². The SMILES string of the molecule is C=C1CC[C@@H](CC)CN1. The van der Waals surface area contributed by atoms with Gasteiger partial charge in [-0.1, -0.05) is 19.9 Å². The first kappa shape index (κ1) is 6.66. The van der Waals surface area contributed by atoms with Gasteiger partial charge in [0, 0.05) is 12.2 Å². The predicted molar refractivity (Wildman–Crippen MR) is 40.2 cm³/mol. The van der Waals surface area contributed by atoms with Gasteiger partial charge in [0.25, 0.3) is 0 Å². The summed E-state index contributed by atoms with van der Waals surface area (Å²) >= 11 is 0. The summed E-state index contributed by atoms with van der Waals surface area (Å²) in [7, 11) is 0. The number of hydrogen-bond donors (Lipinski definition) is 1. The van der Waals surface area contributed by atoms with Gasteiger partial charge < -0.3 is 5.32 Å². The maximum absolute atomic E-state index is 3.87. The topological polar surface area (TPSA) is 12.0 Å². The Morgan fingerprint density at radius 1 is 1.78 bits per heavy atom. The predicted octanol–water partition coefficient (Wildman–Crippen LogP) is 1.91. The van der Waals surface area contributed by atoms with Gasteiger partial charge in [-0.2, -0.15) is 0 Å². The summed E-state index contributed by atoms with van der Waals surface area (Å²) in [6, 6.07) is 0. The van der Waals surface area contributed by atoms with Crippen LogP contribution in [0.3, 0.4) is 0 Å². The van der Waals surface area contributed by atoms with E-state index in [0.29, 0.717) is 0 Å². The minimum absolute atomic E-state index is 0.899. The van der Waals surface area contributed by atoms with Gasteiger partial charge in [-0.05, 0) is 18.8 Å². The van der Waals surface area contributed by atoms with Crippen molar-refractivity contribution in [3.8, 4) is 0 Å². The van der Waals surface area contributed by atoms with E-state index < -0.39 is 0 Å². The van der Waals surface area contributed by atoms with E-state index in [1.54, 1.807) is 0 Å². The van der Waals surface area contributed by atoms with Gasteiger partial charge in [0.1, 0.15) is 0 Å². The van der Waals surface area contributed by atoms with Crippen LogP contribution in [0.1, 0.15) is 26.2 Å².